The molecule has 0 bridgehead atoms. The molecule has 0 saturated carbocycles. The molecule has 18 heavy (non-hydrogen) atoms. The quantitative estimate of drug-likeness (QED) is 0.820. The first-order valence-corrected chi connectivity index (χ1v) is 6.27. The average molecular weight is 266 g/mol. The van der Waals surface area contributed by atoms with Gasteiger partial charge in [0.2, 0.25) is 0 Å². The summed E-state index contributed by atoms with van der Waals surface area (Å²) in [6.07, 6.45) is 0. The minimum Gasteiger partial charge on any atom is -0.465 e. The molecule has 0 aliphatic carbocycles. The van der Waals surface area contributed by atoms with Crippen molar-refractivity contribution in [2.45, 2.75) is 10.3 Å². The van der Waals surface area contributed by atoms with Crippen molar-refractivity contribution >= 4 is 29.3 Å². The molecule has 0 aromatic heterocycles. The maximum absolute atomic E-state index is 11.9. The van der Waals surface area contributed by atoms with Crippen LogP contribution in [0.15, 0.2) is 23.1 Å². The van der Waals surface area contributed by atoms with E-state index in [0.717, 1.165) is 4.90 Å². The number of methoxy groups -OCH3 is 1. The normalized spacial score (nSPS) is 18.2. The molecule has 0 radical (unpaired) electrons. The van der Waals surface area contributed by atoms with Crippen LogP contribution in [0.2, 0.25) is 0 Å². The van der Waals surface area contributed by atoms with E-state index in [9.17, 15) is 9.59 Å². The van der Waals surface area contributed by atoms with Crippen LogP contribution in [-0.2, 0) is 9.53 Å². The maximum Gasteiger partial charge on any atom is 0.337 e. The monoisotopic (exact) mass is 266 g/mol. The zero-order valence-corrected chi connectivity index (χ0v) is 11.2. The topological polar surface area (TPSA) is 58.6 Å². The highest BCUT2D eigenvalue weighted by molar-refractivity contribution is 8.00. The molecule has 0 spiro atoms. The number of nitrogens with one attached hydrogen (secondary N) is 1. The first-order valence-electron chi connectivity index (χ1n) is 5.39. The van der Waals surface area contributed by atoms with Crippen LogP contribution >= 0.6 is 11.8 Å². The Labute approximate surface area is 109 Å². The highest BCUT2D eigenvalue weighted by Gasteiger charge is 2.29. The first-order chi connectivity index (χ1) is 8.52. The lowest BCUT2D eigenvalue weighted by Crippen LogP contribution is -2.39. The van der Waals surface area contributed by atoms with Crippen molar-refractivity contribution in [3.63, 3.8) is 0 Å². The van der Waals surface area contributed by atoms with Gasteiger partial charge in [-0.2, -0.15) is 0 Å². The lowest BCUT2D eigenvalue weighted by molar-refractivity contribution is -0.117. The summed E-state index contributed by atoms with van der Waals surface area (Å²) in [6, 6.07) is 5.15. The van der Waals surface area contributed by atoms with E-state index >= 15 is 0 Å². The predicted molar refractivity (Wildman–Crippen MR) is 69.7 cm³/mol. The van der Waals surface area contributed by atoms with Gasteiger partial charge in [-0.25, -0.2) is 4.79 Å². The number of likely N-dealkylation sites (N-methyl/N-ethyl adjacent to an activating group) is 1. The molecule has 1 aliphatic heterocycles. The summed E-state index contributed by atoms with van der Waals surface area (Å²) in [5.74, 6) is -0.494. The van der Waals surface area contributed by atoms with E-state index < -0.39 is 5.97 Å². The van der Waals surface area contributed by atoms with Gasteiger partial charge in [0.05, 0.1) is 18.4 Å². The van der Waals surface area contributed by atoms with Crippen LogP contribution in [0.5, 0.6) is 0 Å². The summed E-state index contributed by atoms with van der Waals surface area (Å²) < 4.78 is 4.65. The number of benzene rings is 1. The van der Waals surface area contributed by atoms with Gasteiger partial charge in [-0.3, -0.25) is 9.69 Å². The third kappa shape index (κ3) is 2.34. The third-order valence-electron chi connectivity index (χ3n) is 2.59. The van der Waals surface area contributed by atoms with Crippen LogP contribution in [0, 0.1) is 0 Å². The number of esters is 1. The number of amides is 1. The molecule has 1 heterocycles. The smallest absolute Gasteiger partial charge is 0.337 e. The minimum atomic E-state index is -0.410. The molecule has 2 rings (SSSR count). The molecular weight excluding hydrogens is 252 g/mol. The van der Waals surface area contributed by atoms with E-state index in [1.165, 1.54) is 18.9 Å². The van der Waals surface area contributed by atoms with Crippen LogP contribution in [0.4, 0.5) is 5.69 Å². The molecule has 96 valence electrons. The van der Waals surface area contributed by atoms with Crippen LogP contribution in [-0.4, -0.2) is 43.4 Å². The van der Waals surface area contributed by atoms with Gasteiger partial charge in [-0.15, -0.1) is 0 Å². The number of thioether (sulfide) groups is 1. The van der Waals surface area contributed by atoms with Crippen molar-refractivity contribution in [2.24, 2.45) is 0 Å². The van der Waals surface area contributed by atoms with Gasteiger partial charge in [-0.05, 0) is 32.3 Å². The number of fused-ring (bicyclic) bond motifs is 1. The van der Waals surface area contributed by atoms with E-state index in [1.807, 2.05) is 25.1 Å². The van der Waals surface area contributed by atoms with E-state index in [4.69, 9.17) is 0 Å². The number of carbonyl (C=O) groups is 2. The lowest BCUT2D eigenvalue weighted by Gasteiger charge is -2.28. The third-order valence-corrected chi connectivity index (χ3v) is 4.06. The number of ether oxygens (including phenoxy) is 1. The Morgan fingerprint density at radius 2 is 2.17 bits per heavy atom. The molecule has 0 fully saturated rings. The second-order valence-electron chi connectivity index (χ2n) is 4.13. The van der Waals surface area contributed by atoms with E-state index in [0.29, 0.717) is 11.3 Å². The first kappa shape index (κ1) is 12.9. The van der Waals surface area contributed by atoms with Crippen molar-refractivity contribution in [3.05, 3.63) is 23.8 Å². The van der Waals surface area contributed by atoms with Crippen LogP contribution in [0.1, 0.15) is 10.4 Å². The number of rotatable bonds is 2. The number of anilines is 1. The van der Waals surface area contributed by atoms with E-state index in [-0.39, 0.29) is 11.3 Å². The predicted octanol–water partition coefficient (Wildman–Crippen LogP) is 1.41. The van der Waals surface area contributed by atoms with Gasteiger partial charge < -0.3 is 10.1 Å². The molecule has 5 nitrogen and oxygen atoms in total. The van der Waals surface area contributed by atoms with Crippen molar-refractivity contribution in [3.8, 4) is 0 Å². The largest absolute Gasteiger partial charge is 0.465 e. The second kappa shape index (κ2) is 4.99. The molecule has 1 amide bonds. The Kier molecular flexibility index (Phi) is 3.58. The summed E-state index contributed by atoms with van der Waals surface area (Å²) in [5.41, 5.74) is 1.09. The molecule has 1 unspecified atom stereocenters. The molecule has 0 saturated heterocycles. The van der Waals surface area contributed by atoms with Gasteiger partial charge in [0.15, 0.2) is 0 Å². The summed E-state index contributed by atoms with van der Waals surface area (Å²) in [6.45, 7) is 0. The van der Waals surface area contributed by atoms with Crippen molar-refractivity contribution in [1.29, 1.82) is 0 Å². The van der Waals surface area contributed by atoms with Crippen LogP contribution in [0.25, 0.3) is 0 Å². The second-order valence-corrected chi connectivity index (χ2v) is 5.25. The SMILES string of the molecule is COC(=O)c1ccc2c(c1)NC(=O)C(N(C)C)S2. The molecule has 6 heteroatoms. The molecule has 1 aromatic carbocycles. The number of nitrogens with zero attached hydrogens (tertiary/aromatic N) is 1. The highest BCUT2D eigenvalue weighted by Crippen LogP contribution is 2.36. The molecule has 1 N–H and O–H groups in total. The maximum atomic E-state index is 11.9. The number of hydrogen-bond acceptors (Lipinski definition) is 5. The van der Waals surface area contributed by atoms with Gasteiger partial charge in [0.1, 0.15) is 5.37 Å². The van der Waals surface area contributed by atoms with Gasteiger partial charge in [0, 0.05) is 4.90 Å². The fraction of sp³-hybridized carbons (Fsp3) is 0.333. The van der Waals surface area contributed by atoms with E-state index in [1.54, 1.807) is 12.1 Å². The van der Waals surface area contributed by atoms with E-state index in [2.05, 4.69) is 10.1 Å². The Morgan fingerprint density at radius 3 is 2.78 bits per heavy atom. The Bertz CT molecular complexity index is 502. The standard InChI is InChI=1S/C12H14N2O3S/c1-14(2)11-10(15)13-8-6-7(12(16)17-3)4-5-9(8)18-11/h4-6,11H,1-3H3,(H,13,15). The minimum absolute atomic E-state index is 0.0838. The van der Waals surface area contributed by atoms with Crippen LogP contribution < -0.4 is 5.32 Å². The van der Waals surface area contributed by atoms with Gasteiger partial charge in [-0.1, -0.05) is 11.8 Å². The van der Waals surface area contributed by atoms with Crippen LogP contribution in [0.3, 0.4) is 0 Å². The summed E-state index contributed by atoms with van der Waals surface area (Å²) in [7, 11) is 5.04. The molecule has 1 aromatic rings. The fourth-order valence-corrected chi connectivity index (χ4v) is 2.68. The van der Waals surface area contributed by atoms with Gasteiger partial charge >= 0.3 is 5.97 Å². The molecular formula is C12H14N2O3S. The zero-order valence-electron chi connectivity index (χ0n) is 10.4. The van der Waals surface area contributed by atoms with Crippen molar-refractivity contribution < 1.29 is 14.3 Å². The van der Waals surface area contributed by atoms with Crippen molar-refractivity contribution in [1.82, 2.24) is 4.90 Å². The Hall–Kier alpha value is -1.53. The summed E-state index contributed by atoms with van der Waals surface area (Å²) >= 11 is 1.46. The number of carbonyl (C=O) groups excluding carboxylic acids is 2. The summed E-state index contributed by atoms with van der Waals surface area (Å²) in [4.78, 5) is 26.1. The fourth-order valence-electron chi connectivity index (χ4n) is 1.68. The lowest BCUT2D eigenvalue weighted by atomic mass is 10.2. The number of hydrogen-bond donors (Lipinski definition) is 1. The summed E-state index contributed by atoms with van der Waals surface area (Å²) in [5, 5.41) is 2.55. The Balaban J connectivity index is 2.32. The molecule has 1 atom stereocenters. The average Bonchev–Trinajstić information content (AvgIpc) is 2.35. The van der Waals surface area contributed by atoms with Crippen molar-refractivity contribution in [2.75, 3.05) is 26.5 Å². The zero-order chi connectivity index (χ0) is 13.3. The Morgan fingerprint density at radius 1 is 1.44 bits per heavy atom. The van der Waals surface area contributed by atoms with Gasteiger partial charge in [0.25, 0.3) is 5.91 Å². The highest BCUT2D eigenvalue weighted by atomic mass is 32.2. The molecule has 1 aliphatic rings.